The van der Waals surface area contributed by atoms with Crippen LogP contribution in [0.25, 0.3) is 6.08 Å². The largest absolute Gasteiger partial charge is 0.416 e. The Morgan fingerprint density at radius 3 is 2.20 bits per heavy atom. The summed E-state index contributed by atoms with van der Waals surface area (Å²) in [5, 5.41) is 2.64. The molecule has 1 aromatic rings. The van der Waals surface area contributed by atoms with Crippen molar-refractivity contribution in [1.82, 2.24) is 0 Å². The van der Waals surface area contributed by atoms with E-state index in [9.17, 15) is 18.1 Å². The van der Waals surface area contributed by atoms with Gasteiger partial charge in [-0.15, -0.1) is 4.91 Å². The van der Waals surface area contributed by atoms with Crippen molar-refractivity contribution in [2.24, 2.45) is 5.18 Å². The lowest BCUT2D eigenvalue weighted by Crippen LogP contribution is -2.03. The van der Waals surface area contributed by atoms with E-state index in [2.05, 4.69) is 5.18 Å². The molecular weight excluding hydrogens is 207 g/mol. The smallest absolute Gasteiger partial charge is 0.166 e. The van der Waals surface area contributed by atoms with Crippen molar-refractivity contribution in [1.29, 1.82) is 0 Å². The summed E-state index contributed by atoms with van der Waals surface area (Å²) in [6, 6.07) is 4.50. The van der Waals surface area contributed by atoms with Crippen LogP contribution in [0.2, 0.25) is 0 Å². The van der Waals surface area contributed by atoms with E-state index in [4.69, 9.17) is 0 Å². The van der Waals surface area contributed by atoms with Crippen LogP contribution in [0.1, 0.15) is 18.1 Å². The van der Waals surface area contributed by atoms with E-state index in [0.717, 1.165) is 12.1 Å². The topological polar surface area (TPSA) is 29.4 Å². The van der Waals surface area contributed by atoms with Gasteiger partial charge in [-0.2, -0.15) is 13.2 Å². The summed E-state index contributed by atoms with van der Waals surface area (Å²) >= 11 is 0. The first-order chi connectivity index (χ1) is 6.93. The molecule has 0 aliphatic rings. The molecule has 0 saturated carbocycles. The average Bonchev–Trinajstić information content (AvgIpc) is 2.17. The molecule has 0 saturated heterocycles. The van der Waals surface area contributed by atoms with E-state index in [0.29, 0.717) is 5.56 Å². The zero-order chi connectivity index (χ0) is 11.5. The fourth-order valence-electron chi connectivity index (χ4n) is 1.04. The van der Waals surface area contributed by atoms with Crippen LogP contribution < -0.4 is 0 Å². The molecule has 0 N–H and O–H groups in total. The first-order valence-electron chi connectivity index (χ1n) is 4.12. The molecule has 0 aromatic heterocycles. The normalized spacial score (nSPS) is 12.7. The van der Waals surface area contributed by atoms with E-state index in [-0.39, 0.29) is 5.70 Å². The second kappa shape index (κ2) is 4.25. The van der Waals surface area contributed by atoms with Gasteiger partial charge in [0.25, 0.3) is 0 Å². The summed E-state index contributed by atoms with van der Waals surface area (Å²) in [4.78, 5) is 10.0. The van der Waals surface area contributed by atoms with Crippen LogP contribution in [-0.4, -0.2) is 0 Å². The molecule has 2 nitrogen and oxygen atoms in total. The summed E-state index contributed by atoms with van der Waals surface area (Å²) in [5.41, 5.74) is 0.0197. The van der Waals surface area contributed by atoms with E-state index in [1.54, 1.807) is 0 Å². The fourth-order valence-corrected chi connectivity index (χ4v) is 1.04. The van der Waals surface area contributed by atoms with Crippen molar-refractivity contribution in [2.75, 3.05) is 0 Å². The lowest BCUT2D eigenvalue weighted by atomic mass is 10.1. The molecule has 5 heteroatoms. The number of benzene rings is 1. The quantitative estimate of drug-likeness (QED) is 0.689. The van der Waals surface area contributed by atoms with E-state index in [1.165, 1.54) is 25.1 Å². The highest BCUT2D eigenvalue weighted by Crippen LogP contribution is 2.29. The van der Waals surface area contributed by atoms with Crippen LogP contribution in [0.4, 0.5) is 13.2 Å². The molecule has 0 radical (unpaired) electrons. The lowest BCUT2D eigenvalue weighted by molar-refractivity contribution is -0.137. The minimum atomic E-state index is -4.33. The van der Waals surface area contributed by atoms with Crippen LogP contribution in [0.5, 0.6) is 0 Å². The third kappa shape index (κ3) is 3.19. The Bertz CT molecular complexity index is 379. The summed E-state index contributed by atoms with van der Waals surface area (Å²) in [6.45, 7) is 1.48. The molecule has 80 valence electrons. The van der Waals surface area contributed by atoms with Gasteiger partial charge in [-0.05, 0) is 35.9 Å². The monoisotopic (exact) mass is 215 g/mol. The molecule has 0 aliphatic heterocycles. The maximum atomic E-state index is 12.2. The van der Waals surface area contributed by atoms with Gasteiger partial charge >= 0.3 is 6.18 Å². The number of hydrogen-bond donors (Lipinski definition) is 0. The maximum Gasteiger partial charge on any atom is 0.416 e. The predicted molar refractivity (Wildman–Crippen MR) is 50.9 cm³/mol. The van der Waals surface area contributed by atoms with Crippen LogP contribution in [0, 0.1) is 4.91 Å². The highest BCUT2D eigenvalue weighted by Gasteiger charge is 2.29. The Morgan fingerprint density at radius 1 is 1.27 bits per heavy atom. The number of halogens is 3. The van der Waals surface area contributed by atoms with E-state index in [1.807, 2.05) is 0 Å². The van der Waals surface area contributed by atoms with Gasteiger partial charge in [-0.25, -0.2) is 0 Å². The predicted octanol–water partition coefficient (Wildman–Crippen LogP) is 3.83. The van der Waals surface area contributed by atoms with Gasteiger partial charge in [0.2, 0.25) is 0 Å². The van der Waals surface area contributed by atoms with Crippen molar-refractivity contribution >= 4 is 6.08 Å². The Morgan fingerprint density at radius 2 is 1.80 bits per heavy atom. The minimum absolute atomic E-state index is 0.217. The van der Waals surface area contributed by atoms with Gasteiger partial charge < -0.3 is 0 Å². The number of nitroso groups, excluding NO2 is 1. The van der Waals surface area contributed by atoms with Gasteiger partial charge in [-0.1, -0.05) is 12.1 Å². The van der Waals surface area contributed by atoms with Gasteiger partial charge in [0, 0.05) is 0 Å². The first-order valence-corrected chi connectivity index (χ1v) is 4.12. The summed E-state index contributed by atoms with van der Waals surface area (Å²) in [7, 11) is 0. The highest BCUT2D eigenvalue weighted by atomic mass is 19.4. The molecule has 0 bridgehead atoms. The van der Waals surface area contributed by atoms with Gasteiger partial charge in [0.1, 0.15) is 0 Å². The van der Waals surface area contributed by atoms with E-state index < -0.39 is 11.7 Å². The molecule has 0 heterocycles. The molecule has 15 heavy (non-hydrogen) atoms. The summed E-state index contributed by atoms with van der Waals surface area (Å²) in [5.74, 6) is 0. The van der Waals surface area contributed by atoms with Gasteiger partial charge in [0.05, 0.1) is 11.3 Å². The van der Waals surface area contributed by atoms with Gasteiger partial charge in [0.15, 0.2) is 0 Å². The maximum absolute atomic E-state index is 12.2. The molecule has 0 spiro atoms. The number of hydrogen-bond acceptors (Lipinski definition) is 2. The molecule has 0 amide bonds. The second-order valence-electron chi connectivity index (χ2n) is 3.00. The molecule has 0 aliphatic carbocycles. The van der Waals surface area contributed by atoms with Crippen molar-refractivity contribution < 1.29 is 13.2 Å². The molecule has 0 unspecified atom stereocenters. The number of alkyl halides is 3. The second-order valence-corrected chi connectivity index (χ2v) is 3.00. The standard InChI is InChI=1S/C10H8F3NO/c1-7(14-15)6-8-2-4-9(5-3-8)10(11,12)13/h2-6H,1H3/b7-6+. The Labute approximate surface area is 84.4 Å². The number of allylic oxidation sites excluding steroid dienone is 1. The molecule has 0 fully saturated rings. The summed E-state index contributed by atoms with van der Waals surface area (Å²) < 4.78 is 36.5. The van der Waals surface area contributed by atoms with Crippen molar-refractivity contribution in [3.05, 3.63) is 46.0 Å². The SMILES string of the molecule is C/C(=C\c1ccc(C(F)(F)F)cc1)N=O. The van der Waals surface area contributed by atoms with Crippen molar-refractivity contribution in [3.8, 4) is 0 Å². The van der Waals surface area contributed by atoms with Crippen molar-refractivity contribution in [3.63, 3.8) is 0 Å². The Hall–Kier alpha value is -1.65. The molecular formula is C10H8F3NO. The number of nitrogens with zero attached hydrogens (tertiary/aromatic N) is 1. The molecule has 0 atom stereocenters. The number of rotatable bonds is 2. The lowest BCUT2D eigenvalue weighted by Gasteiger charge is -2.05. The summed E-state index contributed by atoms with van der Waals surface area (Å²) in [6.07, 6.45) is -2.92. The van der Waals surface area contributed by atoms with Crippen LogP contribution in [0.15, 0.2) is 35.1 Å². The third-order valence-electron chi connectivity index (χ3n) is 1.76. The van der Waals surface area contributed by atoms with Crippen LogP contribution in [-0.2, 0) is 6.18 Å². The zero-order valence-corrected chi connectivity index (χ0v) is 7.88. The van der Waals surface area contributed by atoms with E-state index >= 15 is 0 Å². The average molecular weight is 215 g/mol. The van der Waals surface area contributed by atoms with Crippen molar-refractivity contribution in [2.45, 2.75) is 13.1 Å². The van der Waals surface area contributed by atoms with Gasteiger partial charge in [-0.3, -0.25) is 0 Å². The Kier molecular flexibility index (Phi) is 3.24. The highest BCUT2D eigenvalue weighted by molar-refractivity contribution is 5.52. The molecule has 1 rings (SSSR count). The van der Waals surface area contributed by atoms with Crippen LogP contribution >= 0.6 is 0 Å². The zero-order valence-electron chi connectivity index (χ0n) is 7.88. The molecule has 1 aromatic carbocycles. The minimum Gasteiger partial charge on any atom is -0.166 e. The van der Waals surface area contributed by atoms with Crippen LogP contribution in [0.3, 0.4) is 0 Å². The Balaban J connectivity index is 2.96. The third-order valence-corrected chi connectivity index (χ3v) is 1.76. The fraction of sp³-hybridized carbons (Fsp3) is 0.200. The first kappa shape index (κ1) is 11.4.